The van der Waals surface area contributed by atoms with E-state index in [2.05, 4.69) is 37.0 Å². The number of nitriles is 1. The molecule has 0 heterocycles. The second-order valence-electron chi connectivity index (χ2n) is 6.46. The molecule has 0 amide bonds. The molecule has 1 aliphatic carbocycles. The van der Waals surface area contributed by atoms with Crippen molar-refractivity contribution in [1.82, 2.24) is 9.80 Å². The molecule has 0 unspecified atom stereocenters. The number of nitrogens with zero attached hydrogens (tertiary/aromatic N) is 3. The van der Waals surface area contributed by atoms with Gasteiger partial charge in [0.15, 0.2) is 0 Å². The first-order valence-corrected chi connectivity index (χ1v) is 6.59. The van der Waals surface area contributed by atoms with Crippen molar-refractivity contribution in [3.05, 3.63) is 0 Å². The molecule has 0 aliphatic heterocycles. The van der Waals surface area contributed by atoms with Crippen LogP contribution in [0.25, 0.3) is 0 Å². The van der Waals surface area contributed by atoms with E-state index in [-0.39, 0.29) is 5.41 Å². The quantitative estimate of drug-likeness (QED) is 0.710. The maximum atomic E-state index is 9.01. The van der Waals surface area contributed by atoms with E-state index in [4.69, 9.17) is 5.26 Å². The molecular weight excluding hydrogens is 210 g/mol. The van der Waals surface area contributed by atoms with Gasteiger partial charge in [0, 0.05) is 12.1 Å². The Morgan fingerprint density at radius 2 is 1.82 bits per heavy atom. The molecular formula is C14H27N3. The molecule has 3 nitrogen and oxygen atoms in total. The Morgan fingerprint density at radius 1 is 1.24 bits per heavy atom. The van der Waals surface area contributed by atoms with Crippen molar-refractivity contribution in [3.63, 3.8) is 0 Å². The van der Waals surface area contributed by atoms with Gasteiger partial charge < -0.3 is 9.80 Å². The van der Waals surface area contributed by atoms with E-state index in [0.29, 0.717) is 5.54 Å². The lowest BCUT2D eigenvalue weighted by molar-refractivity contribution is 0.0261. The largest absolute Gasteiger partial charge is 0.304 e. The van der Waals surface area contributed by atoms with E-state index in [9.17, 15) is 0 Å². The maximum Gasteiger partial charge on any atom is 0.0684 e. The summed E-state index contributed by atoms with van der Waals surface area (Å²) in [5.41, 5.74) is 0.199. The second kappa shape index (κ2) is 5.37. The van der Waals surface area contributed by atoms with Gasteiger partial charge in [0.1, 0.15) is 0 Å². The molecule has 1 rings (SSSR count). The zero-order valence-corrected chi connectivity index (χ0v) is 12.1. The minimum absolute atomic E-state index is 0.195. The molecule has 1 saturated carbocycles. The Bertz CT molecular complexity index is 284. The molecule has 0 aromatic carbocycles. The third-order valence-electron chi connectivity index (χ3n) is 4.22. The molecule has 0 aromatic rings. The predicted molar refractivity (Wildman–Crippen MR) is 71.8 cm³/mol. The van der Waals surface area contributed by atoms with Crippen molar-refractivity contribution in [1.29, 1.82) is 5.26 Å². The maximum absolute atomic E-state index is 9.01. The Balaban J connectivity index is 2.39. The highest BCUT2D eigenvalue weighted by Crippen LogP contribution is 2.36. The van der Waals surface area contributed by atoms with Crippen LogP contribution >= 0.6 is 0 Å². The van der Waals surface area contributed by atoms with Crippen LogP contribution in [0.15, 0.2) is 0 Å². The van der Waals surface area contributed by atoms with Gasteiger partial charge >= 0.3 is 0 Å². The van der Waals surface area contributed by atoms with Crippen molar-refractivity contribution in [2.45, 2.75) is 45.1 Å². The van der Waals surface area contributed by atoms with Crippen LogP contribution in [0.4, 0.5) is 0 Å². The van der Waals surface area contributed by atoms with Crippen LogP contribution in [0.2, 0.25) is 0 Å². The van der Waals surface area contributed by atoms with Crippen molar-refractivity contribution in [3.8, 4) is 6.07 Å². The summed E-state index contributed by atoms with van der Waals surface area (Å²) in [6.07, 6.45) is 4.93. The Morgan fingerprint density at radius 3 is 2.18 bits per heavy atom. The molecule has 1 fully saturated rings. The van der Waals surface area contributed by atoms with Crippen LogP contribution < -0.4 is 0 Å². The van der Waals surface area contributed by atoms with Crippen LogP contribution in [0.1, 0.15) is 39.5 Å². The van der Waals surface area contributed by atoms with E-state index in [1.54, 1.807) is 0 Å². The Kier molecular flexibility index (Phi) is 4.57. The molecule has 0 N–H and O–H groups in total. The standard InChI is InChI=1S/C14H27N3/c1-13(2,11-15)9-10-17(5)12-14(16(3)4)7-6-8-14/h6-10,12H2,1-5H3. The lowest BCUT2D eigenvalue weighted by Crippen LogP contribution is -2.56. The lowest BCUT2D eigenvalue weighted by Gasteiger charge is -2.49. The fourth-order valence-corrected chi connectivity index (χ4v) is 2.44. The average molecular weight is 237 g/mol. The van der Waals surface area contributed by atoms with Crippen LogP contribution in [0, 0.1) is 16.7 Å². The third-order valence-corrected chi connectivity index (χ3v) is 4.22. The monoisotopic (exact) mass is 237 g/mol. The molecule has 3 heteroatoms. The van der Waals surface area contributed by atoms with E-state index < -0.39 is 0 Å². The number of hydrogen-bond donors (Lipinski definition) is 0. The molecule has 0 bridgehead atoms. The Hall–Kier alpha value is -0.590. The van der Waals surface area contributed by atoms with Crippen LogP contribution in [0.3, 0.4) is 0 Å². The minimum atomic E-state index is -0.195. The number of rotatable bonds is 6. The van der Waals surface area contributed by atoms with Crippen molar-refractivity contribution < 1.29 is 0 Å². The van der Waals surface area contributed by atoms with Crippen molar-refractivity contribution in [2.75, 3.05) is 34.2 Å². The van der Waals surface area contributed by atoms with E-state index in [1.807, 2.05) is 13.8 Å². The lowest BCUT2D eigenvalue weighted by atomic mass is 9.75. The molecule has 0 saturated heterocycles. The van der Waals surface area contributed by atoms with Gasteiger partial charge in [-0.05, 0) is 67.2 Å². The fraction of sp³-hybridized carbons (Fsp3) is 0.929. The van der Waals surface area contributed by atoms with Gasteiger partial charge in [-0.2, -0.15) is 5.26 Å². The molecule has 0 spiro atoms. The summed E-state index contributed by atoms with van der Waals surface area (Å²) in [7, 11) is 6.55. The highest BCUT2D eigenvalue weighted by molar-refractivity contribution is 4.98. The predicted octanol–water partition coefficient (Wildman–Crippen LogP) is 2.34. The molecule has 0 radical (unpaired) electrons. The van der Waals surface area contributed by atoms with Gasteiger partial charge in [-0.15, -0.1) is 0 Å². The SMILES string of the molecule is CN(CCC(C)(C)C#N)CC1(N(C)C)CCC1. The highest BCUT2D eigenvalue weighted by Gasteiger charge is 2.39. The molecule has 1 aliphatic rings. The van der Waals surface area contributed by atoms with Crippen LogP contribution in [-0.2, 0) is 0 Å². The van der Waals surface area contributed by atoms with Crippen LogP contribution in [-0.4, -0.2) is 49.6 Å². The summed E-state index contributed by atoms with van der Waals surface area (Å²) >= 11 is 0. The van der Waals surface area contributed by atoms with Crippen LogP contribution in [0.5, 0.6) is 0 Å². The summed E-state index contributed by atoms with van der Waals surface area (Å²) in [5, 5.41) is 9.01. The van der Waals surface area contributed by atoms with Crippen molar-refractivity contribution >= 4 is 0 Å². The summed E-state index contributed by atoms with van der Waals surface area (Å²) in [6.45, 7) is 6.18. The number of hydrogen-bond acceptors (Lipinski definition) is 3. The molecule has 0 aromatic heterocycles. The first-order valence-electron chi connectivity index (χ1n) is 6.59. The summed E-state index contributed by atoms with van der Waals surface area (Å²) < 4.78 is 0. The molecule has 98 valence electrons. The second-order valence-corrected chi connectivity index (χ2v) is 6.46. The first-order chi connectivity index (χ1) is 7.81. The molecule has 0 atom stereocenters. The van der Waals surface area contributed by atoms with Gasteiger partial charge in [0.2, 0.25) is 0 Å². The van der Waals surface area contributed by atoms with E-state index in [0.717, 1.165) is 19.5 Å². The van der Waals surface area contributed by atoms with Gasteiger partial charge in [-0.3, -0.25) is 0 Å². The third kappa shape index (κ3) is 3.69. The molecule has 17 heavy (non-hydrogen) atoms. The van der Waals surface area contributed by atoms with Gasteiger partial charge in [0.05, 0.1) is 11.5 Å². The number of likely N-dealkylation sites (N-methyl/N-ethyl adjacent to an activating group) is 2. The average Bonchev–Trinajstić information content (AvgIpc) is 2.20. The van der Waals surface area contributed by atoms with E-state index in [1.165, 1.54) is 19.3 Å². The zero-order chi connectivity index (χ0) is 13.1. The fourth-order valence-electron chi connectivity index (χ4n) is 2.44. The topological polar surface area (TPSA) is 30.3 Å². The zero-order valence-electron chi connectivity index (χ0n) is 12.1. The van der Waals surface area contributed by atoms with Gasteiger partial charge in [0.25, 0.3) is 0 Å². The smallest absolute Gasteiger partial charge is 0.0684 e. The minimum Gasteiger partial charge on any atom is -0.304 e. The normalized spacial score (nSPS) is 19.2. The highest BCUT2D eigenvalue weighted by atomic mass is 15.2. The van der Waals surface area contributed by atoms with Crippen molar-refractivity contribution in [2.24, 2.45) is 5.41 Å². The van der Waals surface area contributed by atoms with Gasteiger partial charge in [-0.1, -0.05) is 0 Å². The Labute approximate surface area is 106 Å². The summed E-state index contributed by atoms with van der Waals surface area (Å²) in [6, 6.07) is 2.37. The van der Waals surface area contributed by atoms with E-state index >= 15 is 0 Å². The van der Waals surface area contributed by atoms with Gasteiger partial charge in [-0.25, -0.2) is 0 Å². The first kappa shape index (κ1) is 14.5. The summed E-state index contributed by atoms with van der Waals surface area (Å²) in [5.74, 6) is 0. The summed E-state index contributed by atoms with van der Waals surface area (Å²) in [4.78, 5) is 4.76.